The number of aromatic amines is 1. The summed E-state index contributed by atoms with van der Waals surface area (Å²) in [6.45, 7) is 3.85. The van der Waals surface area contributed by atoms with E-state index in [1.807, 2.05) is 0 Å². The molecule has 12 heteroatoms. The molecule has 0 spiro atoms. The molecule has 2 aromatic rings. The molecular formula is C19H23F3N6O3. The number of nitrogens with one attached hydrogen (secondary N) is 3. The van der Waals surface area contributed by atoms with Crippen LogP contribution in [-0.2, 0) is 9.53 Å². The largest absolute Gasteiger partial charge is 0.390 e. The Hall–Kier alpha value is -3.15. The van der Waals surface area contributed by atoms with Gasteiger partial charge in [-0.2, -0.15) is 13.2 Å². The lowest BCUT2D eigenvalue weighted by Gasteiger charge is -2.37. The molecule has 31 heavy (non-hydrogen) atoms. The Morgan fingerprint density at radius 3 is 2.90 bits per heavy atom. The molecule has 3 heterocycles. The van der Waals surface area contributed by atoms with Gasteiger partial charge in [0, 0.05) is 32.9 Å². The molecule has 0 radical (unpaired) electrons. The summed E-state index contributed by atoms with van der Waals surface area (Å²) >= 11 is 0. The number of carbonyl (C=O) groups excluding carboxylic acids is 2. The van der Waals surface area contributed by atoms with Crippen molar-refractivity contribution in [3.63, 3.8) is 0 Å². The van der Waals surface area contributed by atoms with Gasteiger partial charge in [-0.15, -0.1) is 0 Å². The number of anilines is 1. The van der Waals surface area contributed by atoms with E-state index in [-0.39, 0.29) is 29.1 Å². The van der Waals surface area contributed by atoms with Gasteiger partial charge in [0.05, 0.1) is 30.3 Å². The van der Waals surface area contributed by atoms with E-state index in [2.05, 4.69) is 32.2 Å². The lowest BCUT2D eigenvalue weighted by Crippen LogP contribution is -2.52. The zero-order valence-electron chi connectivity index (χ0n) is 16.8. The Bertz CT molecular complexity index is 961. The van der Waals surface area contributed by atoms with Crippen molar-refractivity contribution in [3.05, 3.63) is 30.6 Å². The number of hydrogen-bond acceptors (Lipinski definition) is 6. The first-order chi connectivity index (χ1) is 14.7. The fourth-order valence-electron chi connectivity index (χ4n) is 3.39. The highest BCUT2D eigenvalue weighted by molar-refractivity contribution is 6.04. The van der Waals surface area contributed by atoms with E-state index in [1.54, 1.807) is 12.0 Å². The van der Waals surface area contributed by atoms with Crippen LogP contribution < -0.4 is 10.6 Å². The van der Waals surface area contributed by atoms with Crippen molar-refractivity contribution in [2.24, 2.45) is 0 Å². The summed E-state index contributed by atoms with van der Waals surface area (Å²) in [5.74, 6) is -0.463. The van der Waals surface area contributed by atoms with Crippen LogP contribution in [0.25, 0.3) is 11.2 Å². The highest BCUT2D eigenvalue weighted by Gasteiger charge is 2.31. The number of ether oxygens (including phenoxy) is 1. The zero-order chi connectivity index (χ0) is 22.6. The molecule has 0 aromatic carbocycles. The molecule has 3 rings (SSSR count). The number of methoxy groups -OCH3 is 1. The van der Waals surface area contributed by atoms with Crippen LogP contribution in [0.15, 0.2) is 25.0 Å². The maximum Gasteiger partial charge on any atom is 0.390 e. The molecular weight excluding hydrogens is 417 g/mol. The Balaban J connectivity index is 1.71. The van der Waals surface area contributed by atoms with Gasteiger partial charge < -0.3 is 25.3 Å². The summed E-state index contributed by atoms with van der Waals surface area (Å²) in [4.78, 5) is 37.2. The van der Waals surface area contributed by atoms with Crippen molar-refractivity contribution in [1.82, 2.24) is 25.2 Å². The first-order valence-electron chi connectivity index (χ1n) is 9.61. The summed E-state index contributed by atoms with van der Waals surface area (Å²) in [6, 6.07) is -0.159. The van der Waals surface area contributed by atoms with E-state index in [1.165, 1.54) is 18.5 Å². The fraction of sp³-hybridized carbons (Fsp3) is 0.474. The molecule has 0 aliphatic carbocycles. The van der Waals surface area contributed by atoms with E-state index in [9.17, 15) is 22.8 Å². The van der Waals surface area contributed by atoms with Crippen LogP contribution in [0.4, 0.5) is 19.0 Å². The average molecular weight is 440 g/mol. The molecule has 2 atom stereocenters. The molecule has 3 N–H and O–H groups in total. The number of piperidine rings is 1. The third-order valence-corrected chi connectivity index (χ3v) is 5.00. The first-order valence-corrected chi connectivity index (χ1v) is 9.61. The van der Waals surface area contributed by atoms with Gasteiger partial charge in [-0.05, 0) is 12.5 Å². The van der Waals surface area contributed by atoms with E-state index in [0.29, 0.717) is 31.0 Å². The second-order valence-electron chi connectivity index (χ2n) is 7.08. The van der Waals surface area contributed by atoms with Crippen molar-refractivity contribution >= 4 is 28.8 Å². The lowest BCUT2D eigenvalue weighted by atomic mass is 10.0. The molecule has 168 valence electrons. The van der Waals surface area contributed by atoms with Gasteiger partial charge in [-0.3, -0.25) is 9.59 Å². The van der Waals surface area contributed by atoms with Crippen molar-refractivity contribution in [1.29, 1.82) is 0 Å². The minimum atomic E-state index is -4.35. The van der Waals surface area contributed by atoms with Crippen molar-refractivity contribution < 1.29 is 27.5 Å². The summed E-state index contributed by atoms with van der Waals surface area (Å²) in [6.07, 6.45) is -1.08. The van der Waals surface area contributed by atoms with E-state index in [0.717, 1.165) is 0 Å². The predicted octanol–water partition coefficient (Wildman–Crippen LogP) is 1.85. The number of likely N-dealkylation sites (tertiary alicyclic amines) is 1. The first kappa shape index (κ1) is 22.5. The van der Waals surface area contributed by atoms with Crippen molar-refractivity contribution in [3.8, 4) is 0 Å². The summed E-state index contributed by atoms with van der Waals surface area (Å²) in [7, 11) is 1.55. The molecule has 1 aliphatic heterocycles. The monoisotopic (exact) mass is 440 g/mol. The maximum absolute atomic E-state index is 12.3. The van der Waals surface area contributed by atoms with E-state index < -0.39 is 25.0 Å². The minimum absolute atomic E-state index is 0.100. The number of rotatable bonds is 7. The fourth-order valence-corrected chi connectivity index (χ4v) is 3.39. The van der Waals surface area contributed by atoms with E-state index >= 15 is 0 Å². The van der Waals surface area contributed by atoms with Crippen LogP contribution >= 0.6 is 0 Å². The molecule has 2 amide bonds. The summed E-state index contributed by atoms with van der Waals surface area (Å²) < 4.78 is 42.4. The number of hydrogen-bond donors (Lipinski definition) is 3. The van der Waals surface area contributed by atoms with Crippen molar-refractivity contribution in [2.45, 2.75) is 31.2 Å². The molecule has 0 bridgehead atoms. The Kier molecular flexibility index (Phi) is 6.78. The van der Waals surface area contributed by atoms with Crippen molar-refractivity contribution in [2.75, 3.05) is 32.1 Å². The third kappa shape index (κ3) is 5.51. The predicted molar refractivity (Wildman–Crippen MR) is 106 cm³/mol. The quantitative estimate of drug-likeness (QED) is 0.567. The number of aromatic nitrogens is 3. The molecule has 9 nitrogen and oxygen atoms in total. The summed E-state index contributed by atoms with van der Waals surface area (Å²) in [5, 5.41) is 5.45. The van der Waals surface area contributed by atoms with Gasteiger partial charge in [-0.25, -0.2) is 9.97 Å². The average Bonchev–Trinajstić information content (AvgIpc) is 3.15. The molecule has 0 saturated carbocycles. The molecule has 0 unspecified atom stereocenters. The van der Waals surface area contributed by atoms with Gasteiger partial charge in [0.25, 0.3) is 5.91 Å². The normalized spacial score (nSPS) is 19.3. The highest BCUT2D eigenvalue weighted by Crippen LogP contribution is 2.22. The van der Waals surface area contributed by atoms with Gasteiger partial charge in [0.15, 0.2) is 5.65 Å². The van der Waals surface area contributed by atoms with Gasteiger partial charge in [-0.1, -0.05) is 6.58 Å². The van der Waals surface area contributed by atoms with Crippen LogP contribution in [0.3, 0.4) is 0 Å². The Morgan fingerprint density at radius 2 is 2.23 bits per heavy atom. The Labute approximate surface area is 176 Å². The molecule has 1 aliphatic rings. The van der Waals surface area contributed by atoms with Gasteiger partial charge >= 0.3 is 6.18 Å². The smallest absolute Gasteiger partial charge is 0.377 e. The number of fused-ring (bicyclic) bond motifs is 1. The summed E-state index contributed by atoms with van der Waals surface area (Å²) in [5.41, 5.74) is 0.673. The number of alkyl halides is 3. The van der Waals surface area contributed by atoms with E-state index in [4.69, 9.17) is 4.74 Å². The second-order valence-corrected chi connectivity index (χ2v) is 7.08. The maximum atomic E-state index is 12.3. The molecule has 1 saturated heterocycles. The lowest BCUT2D eigenvalue weighted by molar-refractivity contribution is -0.133. The minimum Gasteiger partial charge on any atom is -0.377 e. The third-order valence-electron chi connectivity index (χ3n) is 5.00. The number of nitrogens with zero attached hydrogens (tertiary/aromatic N) is 3. The number of H-pyrrole nitrogens is 1. The van der Waals surface area contributed by atoms with Gasteiger partial charge in [0.2, 0.25) is 5.91 Å². The SMILES string of the molecule is C=CC(=O)N1CC[C@H](Nc2cnc3[nH]cc(C(=O)NCCC(F)(F)F)c3n2)[C@H](OC)C1. The van der Waals surface area contributed by atoms with Gasteiger partial charge in [0.1, 0.15) is 11.3 Å². The van der Waals surface area contributed by atoms with Crippen LogP contribution in [0.1, 0.15) is 23.2 Å². The van der Waals surface area contributed by atoms with Crippen LogP contribution in [0.5, 0.6) is 0 Å². The second kappa shape index (κ2) is 9.33. The highest BCUT2D eigenvalue weighted by atomic mass is 19.4. The standard InChI is InChI=1S/C19H23F3N6O3/c1-3-15(29)28-7-4-12(13(10-28)31-2)26-14-9-25-17-16(27-14)11(8-24-17)18(30)23-6-5-19(20,21)22/h3,8-9,12-13H,1,4-7,10H2,2H3,(H,23,30)(H,24,25)(H,26,27)/t12-,13+/m0/s1. The Morgan fingerprint density at radius 1 is 1.45 bits per heavy atom. The molecule has 1 fully saturated rings. The number of carbonyl (C=O) groups is 2. The van der Waals surface area contributed by atoms with Crippen LogP contribution in [0.2, 0.25) is 0 Å². The van der Waals surface area contributed by atoms with Crippen LogP contribution in [-0.4, -0.2) is 76.7 Å². The number of halogens is 3. The molecule has 2 aromatic heterocycles. The number of amides is 2. The topological polar surface area (TPSA) is 112 Å². The zero-order valence-corrected chi connectivity index (χ0v) is 16.8. The van der Waals surface area contributed by atoms with Crippen LogP contribution in [0, 0.1) is 0 Å².